The quantitative estimate of drug-likeness (QED) is 0.483. The Bertz CT molecular complexity index is 1230. The van der Waals surface area contributed by atoms with Gasteiger partial charge in [0.2, 0.25) is 0 Å². The average Bonchev–Trinajstić information content (AvgIpc) is 3.44. The van der Waals surface area contributed by atoms with Gasteiger partial charge in [-0.05, 0) is 44.0 Å². The normalized spacial score (nSPS) is 17.0. The second kappa shape index (κ2) is 8.64. The van der Waals surface area contributed by atoms with Gasteiger partial charge in [0.15, 0.2) is 0 Å². The maximum atomic E-state index is 4.67. The van der Waals surface area contributed by atoms with Crippen molar-refractivity contribution in [3.63, 3.8) is 0 Å². The highest BCUT2D eigenvalue weighted by Gasteiger charge is 2.18. The summed E-state index contributed by atoms with van der Waals surface area (Å²) in [6.07, 6.45) is 16.0. The number of aromatic nitrogens is 5. The predicted molar refractivity (Wildman–Crippen MR) is 124 cm³/mol. The highest BCUT2D eigenvalue weighted by molar-refractivity contribution is 7.99. The Labute approximate surface area is 185 Å². The Morgan fingerprint density at radius 1 is 1.16 bits per heavy atom. The fourth-order valence-corrected chi connectivity index (χ4v) is 5.07. The van der Waals surface area contributed by atoms with Gasteiger partial charge in [0.1, 0.15) is 0 Å². The van der Waals surface area contributed by atoms with E-state index < -0.39 is 0 Å². The van der Waals surface area contributed by atoms with E-state index in [0.717, 1.165) is 51.5 Å². The first-order valence-electron chi connectivity index (χ1n) is 10.5. The highest BCUT2D eigenvalue weighted by atomic mass is 32.2. The molecule has 31 heavy (non-hydrogen) atoms. The van der Waals surface area contributed by atoms with Gasteiger partial charge in [-0.25, -0.2) is 4.52 Å². The molecular weight excluding hydrogens is 406 g/mol. The molecule has 158 valence electrons. The number of nitrogens with zero attached hydrogens (tertiary/aromatic N) is 6. The molecule has 1 fully saturated rings. The number of rotatable bonds is 5. The first-order chi connectivity index (χ1) is 15.2. The van der Waals surface area contributed by atoms with Gasteiger partial charge in [0, 0.05) is 71.1 Å². The smallest absolute Gasteiger partial charge is 0.0889 e. The van der Waals surface area contributed by atoms with Crippen molar-refractivity contribution < 1.29 is 0 Å². The summed E-state index contributed by atoms with van der Waals surface area (Å²) in [6.45, 7) is 4.18. The second-order valence-electron chi connectivity index (χ2n) is 7.83. The van der Waals surface area contributed by atoms with Crippen molar-refractivity contribution in [2.45, 2.75) is 35.6 Å². The van der Waals surface area contributed by atoms with Crippen LogP contribution in [0.15, 0.2) is 64.1 Å². The lowest BCUT2D eigenvalue weighted by molar-refractivity contribution is 0.347. The van der Waals surface area contributed by atoms with Crippen molar-refractivity contribution in [2.24, 2.45) is 4.99 Å². The van der Waals surface area contributed by atoms with E-state index >= 15 is 0 Å². The summed E-state index contributed by atoms with van der Waals surface area (Å²) in [6, 6.07) is 4.67. The van der Waals surface area contributed by atoms with E-state index in [1.54, 1.807) is 18.8 Å². The minimum absolute atomic E-state index is 0.412. The van der Waals surface area contributed by atoms with Crippen LogP contribution in [0.3, 0.4) is 0 Å². The van der Waals surface area contributed by atoms with Gasteiger partial charge < -0.3 is 5.32 Å². The molecule has 0 saturated carbocycles. The fourth-order valence-electron chi connectivity index (χ4n) is 4.00. The van der Waals surface area contributed by atoms with Crippen molar-refractivity contribution in [1.29, 1.82) is 0 Å². The molecule has 1 aliphatic heterocycles. The molecular formula is C23H25N7S. The van der Waals surface area contributed by atoms with Gasteiger partial charge in [-0.15, -0.1) is 0 Å². The molecule has 0 unspecified atom stereocenters. The van der Waals surface area contributed by atoms with E-state index in [1.807, 2.05) is 41.6 Å². The Morgan fingerprint density at radius 3 is 2.90 bits per heavy atom. The van der Waals surface area contributed by atoms with Gasteiger partial charge in [0.05, 0.1) is 24.0 Å². The molecule has 0 bridgehead atoms. The largest absolute Gasteiger partial charge is 0.315 e. The van der Waals surface area contributed by atoms with Crippen LogP contribution in [0.25, 0.3) is 16.6 Å². The number of hydrogen-bond donors (Lipinski definition) is 1. The highest BCUT2D eigenvalue weighted by Crippen LogP contribution is 2.36. The zero-order chi connectivity index (χ0) is 21.2. The number of aryl methyl sites for hydroxylation is 1. The molecule has 0 aromatic carbocycles. The number of piperidine rings is 1. The summed E-state index contributed by atoms with van der Waals surface area (Å²) in [4.78, 5) is 10.8. The minimum atomic E-state index is 0.412. The summed E-state index contributed by atoms with van der Waals surface area (Å²) in [5.74, 6) is 0. The third-order valence-electron chi connectivity index (χ3n) is 5.66. The third kappa shape index (κ3) is 4.00. The van der Waals surface area contributed by atoms with Crippen LogP contribution < -0.4 is 5.32 Å². The Morgan fingerprint density at radius 2 is 2.10 bits per heavy atom. The van der Waals surface area contributed by atoms with Crippen LogP contribution in [0.1, 0.15) is 30.0 Å². The molecule has 0 amide bonds. The monoisotopic (exact) mass is 431 g/mol. The van der Waals surface area contributed by atoms with Crippen molar-refractivity contribution in [2.75, 3.05) is 20.1 Å². The summed E-state index contributed by atoms with van der Waals surface area (Å²) >= 11 is 1.71. The van der Waals surface area contributed by atoms with Gasteiger partial charge in [-0.2, -0.15) is 10.2 Å². The van der Waals surface area contributed by atoms with E-state index in [2.05, 4.69) is 55.6 Å². The van der Waals surface area contributed by atoms with Crippen LogP contribution in [-0.2, 0) is 0 Å². The van der Waals surface area contributed by atoms with E-state index in [1.165, 1.54) is 12.0 Å². The lowest BCUT2D eigenvalue weighted by Gasteiger charge is -2.22. The lowest BCUT2D eigenvalue weighted by atomic mass is 10.1. The topological polar surface area (TPSA) is 72.4 Å². The minimum Gasteiger partial charge on any atom is -0.315 e. The van der Waals surface area contributed by atoms with Crippen LogP contribution in [-0.4, -0.2) is 50.7 Å². The number of nitrogens with one attached hydrogen (secondary N) is 1. The molecule has 1 saturated heterocycles. The molecule has 1 N–H and O–H groups in total. The van der Waals surface area contributed by atoms with Gasteiger partial charge in [-0.1, -0.05) is 11.8 Å². The first-order valence-corrected chi connectivity index (χ1v) is 11.3. The lowest BCUT2D eigenvalue weighted by Crippen LogP contribution is -2.31. The summed E-state index contributed by atoms with van der Waals surface area (Å²) in [7, 11) is 1.78. The summed E-state index contributed by atoms with van der Waals surface area (Å²) < 4.78 is 4.04. The second-order valence-corrected chi connectivity index (χ2v) is 8.91. The molecule has 0 aliphatic carbocycles. The standard InChI is InChI=1S/C23H25N7S/c1-16-5-7-26-13-22(16)31-21-8-17(14-30-23(21)18(9-24-2)10-28-30)19-11-27-29(15-19)20-4-3-6-25-12-20/h5,7-11,13-15,20,25H,3-4,6,12H2,1-2H3/t20-/m0/s1. The molecule has 5 rings (SSSR count). The molecule has 0 spiro atoms. The molecule has 4 aromatic heterocycles. The third-order valence-corrected chi connectivity index (χ3v) is 6.84. The maximum absolute atomic E-state index is 4.67. The summed E-state index contributed by atoms with van der Waals surface area (Å²) in [5.41, 5.74) is 5.44. The summed E-state index contributed by atoms with van der Waals surface area (Å²) in [5, 5.41) is 12.7. The first kappa shape index (κ1) is 20.0. The SMILES string of the molecule is CN=Cc1cnn2cc(-c3cnn([C@H]4CCCNC4)c3)cc(Sc3cnccc3C)c12. The number of pyridine rings is 2. The van der Waals surface area contributed by atoms with Crippen molar-refractivity contribution >= 4 is 23.5 Å². The van der Waals surface area contributed by atoms with Gasteiger partial charge >= 0.3 is 0 Å². The van der Waals surface area contributed by atoms with Crippen molar-refractivity contribution in [3.8, 4) is 11.1 Å². The molecule has 8 heteroatoms. The number of fused-ring (bicyclic) bond motifs is 1. The van der Waals surface area contributed by atoms with E-state index in [0.29, 0.717) is 6.04 Å². The molecule has 0 radical (unpaired) electrons. The Balaban J connectivity index is 1.58. The Kier molecular flexibility index (Phi) is 5.57. The van der Waals surface area contributed by atoms with Crippen LogP contribution in [0.5, 0.6) is 0 Å². The van der Waals surface area contributed by atoms with Crippen molar-refractivity contribution in [1.82, 2.24) is 29.7 Å². The fraction of sp³-hybridized carbons (Fsp3) is 0.304. The van der Waals surface area contributed by atoms with Crippen LogP contribution in [0.2, 0.25) is 0 Å². The Hall–Kier alpha value is -2.97. The number of aliphatic imine (C=N–C) groups is 1. The van der Waals surface area contributed by atoms with Gasteiger partial charge in [0.25, 0.3) is 0 Å². The molecule has 1 atom stereocenters. The zero-order valence-electron chi connectivity index (χ0n) is 17.7. The molecule has 1 aliphatic rings. The predicted octanol–water partition coefficient (Wildman–Crippen LogP) is 4.03. The van der Waals surface area contributed by atoms with Gasteiger partial charge in [-0.3, -0.25) is 14.7 Å². The zero-order valence-corrected chi connectivity index (χ0v) is 18.5. The van der Waals surface area contributed by atoms with Crippen LogP contribution in [0, 0.1) is 6.92 Å². The van der Waals surface area contributed by atoms with E-state index in [4.69, 9.17) is 0 Å². The molecule has 5 heterocycles. The van der Waals surface area contributed by atoms with Crippen LogP contribution >= 0.6 is 11.8 Å². The number of hydrogen-bond acceptors (Lipinski definition) is 6. The maximum Gasteiger partial charge on any atom is 0.0889 e. The van der Waals surface area contributed by atoms with Crippen LogP contribution in [0.4, 0.5) is 0 Å². The van der Waals surface area contributed by atoms with E-state index in [-0.39, 0.29) is 0 Å². The molecule has 7 nitrogen and oxygen atoms in total. The average molecular weight is 432 g/mol. The molecule has 4 aromatic rings. The van der Waals surface area contributed by atoms with Crippen molar-refractivity contribution in [3.05, 3.63) is 60.4 Å². The van der Waals surface area contributed by atoms with E-state index in [9.17, 15) is 0 Å².